The van der Waals surface area contributed by atoms with E-state index in [2.05, 4.69) is 5.32 Å². The summed E-state index contributed by atoms with van der Waals surface area (Å²) in [6, 6.07) is 18.7. The SMILES string of the molecule is COC(=O)c1ccccc1NC(=O)C(=O)c1c(-c2ccc(OC)c(Cl)c2)cc2ccccn12. The molecule has 0 spiro atoms. The first-order valence-corrected chi connectivity index (χ1v) is 10.3. The van der Waals surface area contributed by atoms with Crippen LogP contribution in [0.2, 0.25) is 5.02 Å². The van der Waals surface area contributed by atoms with Crippen LogP contribution >= 0.6 is 11.6 Å². The van der Waals surface area contributed by atoms with Crippen LogP contribution in [0.1, 0.15) is 20.8 Å². The molecule has 0 aliphatic rings. The molecule has 0 bridgehead atoms. The Balaban J connectivity index is 1.77. The number of nitrogens with zero attached hydrogens (tertiary/aromatic N) is 1. The smallest absolute Gasteiger partial charge is 0.339 e. The molecule has 0 atom stereocenters. The van der Waals surface area contributed by atoms with Gasteiger partial charge in [-0.2, -0.15) is 0 Å². The number of amides is 1. The molecule has 0 fully saturated rings. The van der Waals surface area contributed by atoms with Gasteiger partial charge in [-0.15, -0.1) is 0 Å². The molecule has 0 aliphatic heterocycles. The largest absolute Gasteiger partial charge is 0.495 e. The van der Waals surface area contributed by atoms with E-state index in [0.717, 1.165) is 5.52 Å². The van der Waals surface area contributed by atoms with Crippen LogP contribution < -0.4 is 10.1 Å². The molecular weight excluding hydrogens is 444 g/mol. The minimum atomic E-state index is -0.893. The standard InChI is InChI=1S/C25H19ClN2O5/c1-32-21-11-10-15(13-19(21)26)18-14-16-7-5-6-12-28(16)22(18)23(29)24(30)27-20-9-4-3-8-17(20)25(31)33-2/h3-14H,1-2H3,(H,27,30). The van der Waals surface area contributed by atoms with E-state index in [1.165, 1.54) is 26.4 Å². The number of para-hydroxylation sites is 1. The van der Waals surface area contributed by atoms with Crippen LogP contribution in [0.4, 0.5) is 5.69 Å². The lowest BCUT2D eigenvalue weighted by Crippen LogP contribution is -2.25. The average Bonchev–Trinajstić information content (AvgIpc) is 3.23. The van der Waals surface area contributed by atoms with Crippen LogP contribution in [-0.2, 0) is 9.53 Å². The van der Waals surface area contributed by atoms with Crippen molar-refractivity contribution in [1.29, 1.82) is 0 Å². The number of ketones is 1. The molecule has 0 radical (unpaired) electrons. The van der Waals surface area contributed by atoms with E-state index >= 15 is 0 Å². The summed E-state index contributed by atoms with van der Waals surface area (Å²) in [5.41, 5.74) is 2.40. The Bertz CT molecular complexity index is 1390. The van der Waals surface area contributed by atoms with Crippen LogP contribution in [0.5, 0.6) is 5.75 Å². The molecule has 8 heteroatoms. The number of carbonyl (C=O) groups is 3. The molecule has 7 nitrogen and oxygen atoms in total. The van der Waals surface area contributed by atoms with Gasteiger partial charge in [0.1, 0.15) is 11.4 Å². The monoisotopic (exact) mass is 462 g/mol. The number of anilines is 1. The minimum absolute atomic E-state index is 0.142. The maximum absolute atomic E-state index is 13.4. The molecule has 2 heterocycles. The summed E-state index contributed by atoms with van der Waals surface area (Å²) in [4.78, 5) is 38.4. The predicted octanol–water partition coefficient (Wildman–Crippen LogP) is 4.88. The van der Waals surface area contributed by atoms with Crippen molar-refractivity contribution >= 4 is 40.5 Å². The first-order valence-electron chi connectivity index (χ1n) is 9.91. The number of fused-ring (bicyclic) bond motifs is 1. The molecule has 4 rings (SSSR count). The van der Waals surface area contributed by atoms with Crippen LogP contribution in [-0.4, -0.2) is 36.3 Å². The van der Waals surface area contributed by atoms with Gasteiger partial charge in [0.2, 0.25) is 0 Å². The maximum Gasteiger partial charge on any atom is 0.339 e. The lowest BCUT2D eigenvalue weighted by Gasteiger charge is -2.11. The van der Waals surface area contributed by atoms with Crippen LogP contribution in [0, 0.1) is 0 Å². The molecule has 1 amide bonds. The van der Waals surface area contributed by atoms with Gasteiger partial charge >= 0.3 is 5.97 Å². The van der Waals surface area contributed by atoms with E-state index in [9.17, 15) is 14.4 Å². The maximum atomic E-state index is 13.4. The average molecular weight is 463 g/mol. The highest BCUT2D eigenvalue weighted by Crippen LogP contribution is 2.34. The molecule has 1 N–H and O–H groups in total. The van der Waals surface area contributed by atoms with Crippen molar-refractivity contribution in [3.05, 3.63) is 89.2 Å². The summed E-state index contributed by atoms with van der Waals surface area (Å²) in [5, 5.41) is 2.91. The third-order valence-electron chi connectivity index (χ3n) is 5.14. The van der Waals surface area contributed by atoms with Gasteiger partial charge < -0.3 is 19.2 Å². The lowest BCUT2D eigenvalue weighted by atomic mass is 10.0. The number of hydrogen-bond acceptors (Lipinski definition) is 5. The second-order valence-corrected chi connectivity index (χ2v) is 7.48. The predicted molar refractivity (Wildman–Crippen MR) is 125 cm³/mol. The number of hydrogen-bond donors (Lipinski definition) is 1. The van der Waals surface area contributed by atoms with Crippen LogP contribution in [0.25, 0.3) is 16.6 Å². The molecule has 0 saturated heterocycles. The van der Waals surface area contributed by atoms with Crippen molar-refractivity contribution in [2.75, 3.05) is 19.5 Å². The lowest BCUT2D eigenvalue weighted by molar-refractivity contribution is -0.112. The molecule has 0 unspecified atom stereocenters. The number of rotatable bonds is 6. The van der Waals surface area contributed by atoms with E-state index in [4.69, 9.17) is 21.1 Å². The summed E-state index contributed by atoms with van der Waals surface area (Å²) >= 11 is 6.30. The number of aromatic nitrogens is 1. The molecule has 33 heavy (non-hydrogen) atoms. The number of pyridine rings is 1. The number of halogens is 1. The fourth-order valence-corrected chi connectivity index (χ4v) is 3.83. The van der Waals surface area contributed by atoms with E-state index in [-0.39, 0.29) is 16.9 Å². The minimum Gasteiger partial charge on any atom is -0.495 e. The van der Waals surface area contributed by atoms with Gasteiger partial charge in [-0.1, -0.05) is 35.9 Å². The van der Waals surface area contributed by atoms with Gasteiger partial charge in [0, 0.05) is 17.3 Å². The van der Waals surface area contributed by atoms with Crippen molar-refractivity contribution in [2.45, 2.75) is 0 Å². The number of Topliss-reactive ketones (excluding diaryl/α,β-unsaturated/α-hetero) is 1. The Morgan fingerprint density at radius 2 is 1.70 bits per heavy atom. The van der Waals surface area contributed by atoms with Crippen molar-refractivity contribution in [3.8, 4) is 16.9 Å². The summed E-state index contributed by atoms with van der Waals surface area (Å²) in [6.07, 6.45) is 1.70. The van der Waals surface area contributed by atoms with Gasteiger partial charge in [0.25, 0.3) is 11.7 Å². The zero-order valence-corrected chi connectivity index (χ0v) is 18.6. The van der Waals surface area contributed by atoms with Gasteiger partial charge in [-0.05, 0) is 48.0 Å². The second kappa shape index (κ2) is 9.18. The summed E-state index contributed by atoms with van der Waals surface area (Å²) in [7, 11) is 2.75. The first-order chi connectivity index (χ1) is 15.9. The first kappa shape index (κ1) is 22.1. The fraction of sp³-hybridized carbons (Fsp3) is 0.0800. The van der Waals surface area contributed by atoms with E-state index in [1.54, 1.807) is 53.1 Å². The molecule has 166 valence electrons. The van der Waals surface area contributed by atoms with Gasteiger partial charge in [0.15, 0.2) is 0 Å². The molecule has 2 aromatic carbocycles. The molecule has 0 saturated carbocycles. The van der Waals surface area contributed by atoms with Crippen molar-refractivity contribution in [1.82, 2.24) is 4.40 Å². The number of methoxy groups -OCH3 is 2. The highest BCUT2D eigenvalue weighted by atomic mass is 35.5. The summed E-state index contributed by atoms with van der Waals surface area (Å²) < 4.78 is 11.6. The summed E-state index contributed by atoms with van der Waals surface area (Å²) in [5.74, 6) is -1.80. The third kappa shape index (κ3) is 4.18. The highest BCUT2D eigenvalue weighted by molar-refractivity contribution is 6.47. The van der Waals surface area contributed by atoms with Crippen molar-refractivity contribution in [3.63, 3.8) is 0 Å². The number of carbonyl (C=O) groups excluding carboxylic acids is 3. The second-order valence-electron chi connectivity index (χ2n) is 7.07. The Morgan fingerprint density at radius 3 is 2.42 bits per heavy atom. The number of benzene rings is 2. The zero-order chi connectivity index (χ0) is 23.5. The van der Waals surface area contributed by atoms with E-state index in [0.29, 0.717) is 21.9 Å². The molecular formula is C25H19ClN2O5. The Morgan fingerprint density at radius 1 is 0.939 bits per heavy atom. The third-order valence-corrected chi connectivity index (χ3v) is 5.44. The normalized spacial score (nSPS) is 10.6. The van der Waals surface area contributed by atoms with Gasteiger partial charge in [-0.3, -0.25) is 9.59 Å². The van der Waals surface area contributed by atoms with Crippen molar-refractivity contribution in [2.24, 2.45) is 0 Å². The van der Waals surface area contributed by atoms with Crippen LogP contribution in [0.3, 0.4) is 0 Å². The van der Waals surface area contributed by atoms with Crippen LogP contribution in [0.15, 0.2) is 72.9 Å². The number of esters is 1. The topological polar surface area (TPSA) is 86.1 Å². The zero-order valence-electron chi connectivity index (χ0n) is 17.8. The highest BCUT2D eigenvalue weighted by Gasteiger charge is 2.26. The molecule has 4 aromatic rings. The number of ether oxygens (including phenoxy) is 2. The molecule has 2 aromatic heterocycles. The van der Waals surface area contributed by atoms with Gasteiger partial charge in [-0.25, -0.2) is 4.79 Å². The Kier molecular flexibility index (Phi) is 6.15. The van der Waals surface area contributed by atoms with Gasteiger partial charge in [0.05, 0.1) is 30.5 Å². The Labute approximate surface area is 194 Å². The number of nitrogens with one attached hydrogen (secondary N) is 1. The summed E-state index contributed by atoms with van der Waals surface area (Å²) in [6.45, 7) is 0. The quantitative estimate of drug-likeness (QED) is 0.251. The molecule has 0 aliphatic carbocycles. The van der Waals surface area contributed by atoms with E-state index < -0.39 is 17.7 Å². The fourth-order valence-electron chi connectivity index (χ4n) is 3.58. The Hall–Kier alpha value is -4.10. The van der Waals surface area contributed by atoms with Crippen molar-refractivity contribution < 1.29 is 23.9 Å². The van der Waals surface area contributed by atoms with E-state index in [1.807, 2.05) is 12.1 Å².